The van der Waals surface area contributed by atoms with Gasteiger partial charge >= 0.3 is 0 Å². The molecular formula is C14H16Cl2FNO. The largest absolute Gasteiger partial charge is 0.351 e. The molecule has 1 saturated carbocycles. The Bertz CT molecular complexity index is 473. The molecule has 2 nitrogen and oxygen atoms in total. The highest BCUT2D eigenvalue weighted by molar-refractivity contribution is 6.31. The van der Waals surface area contributed by atoms with Crippen LogP contribution in [0.2, 0.25) is 5.02 Å². The zero-order valence-corrected chi connectivity index (χ0v) is 12.0. The standard InChI is InChI=1S/C14H16Cl2FNO/c15-8-14(6-1-2-7-14)9-18-13(19)10-4-3-5-11(16)12(10)17/h3-5H,1-2,6-9H2,(H,18,19). The first-order chi connectivity index (χ1) is 9.08. The van der Waals surface area contributed by atoms with E-state index < -0.39 is 11.7 Å². The summed E-state index contributed by atoms with van der Waals surface area (Å²) in [4.78, 5) is 12.0. The molecule has 0 spiro atoms. The van der Waals surface area contributed by atoms with Crippen molar-refractivity contribution in [3.05, 3.63) is 34.6 Å². The lowest BCUT2D eigenvalue weighted by Gasteiger charge is -2.26. The molecule has 1 aliphatic rings. The van der Waals surface area contributed by atoms with Crippen molar-refractivity contribution in [3.8, 4) is 0 Å². The van der Waals surface area contributed by atoms with E-state index in [9.17, 15) is 9.18 Å². The van der Waals surface area contributed by atoms with Crippen molar-refractivity contribution >= 4 is 29.1 Å². The Balaban J connectivity index is 2.03. The number of carbonyl (C=O) groups excluding carboxylic acids is 1. The molecule has 0 atom stereocenters. The summed E-state index contributed by atoms with van der Waals surface area (Å²) >= 11 is 11.7. The Morgan fingerprint density at radius 3 is 2.68 bits per heavy atom. The van der Waals surface area contributed by atoms with Gasteiger partial charge in [0.25, 0.3) is 5.91 Å². The van der Waals surface area contributed by atoms with Gasteiger partial charge in [0.1, 0.15) is 0 Å². The van der Waals surface area contributed by atoms with E-state index in [1.165, 1.54) is 12.1 Å². The van der Waals surface area contributed by atoms with Crippen LogP contribution in [-0.2, 0) is 0 Å². The van der Waals surface area contributed by atoms with Gasteiger partial charge in [0.2, 0.25) is 0 Å². The zero-order valence-electron chi connectivity index (χ0n) is 10.5. The summed E-state index contributed by atoms with van der Waals surface area (Å²) in [7, 11) is 0. The van der Waals surface area contributed by atoms with E-state index in [0.29, 0.717) is 12.4 Å². The van der Waals surface area contributed by atoms with Gasteiger partial charge in [0.15, 0.2) is 5.82 Å². The van der Waals surface area contributed by atoms with Gasteiger partial charge in [-0.25, -0.2) is 4.39 Å². The fourth-order valence-corrected chi connectivity index (χ4v) is 3.06. The molecule has 1 N–H and O–H groups in total. The van der Waals surface area contributed by atoms with Crippen LogP contribution in [0.5, 0.6) is 0 Å². The molecule has 1 aliphatic carbocycles. The lowest BCUT2D eigenvalue weighted by Crippen LogP contribution is -2.37. The average Bonchev–Trinajstić information content (AvgIpc) is 2.89. The fraction of sp³-hybridized carbons (Fsp3) is 0.500. The second-order valence-corrected chi connectivity index (χ2v) is 5.80. The minimum absolute atomic E-state index is 0.0183. The molecule has 1 fully saturated rings. The zero-order chi connectivity index (χ0) is 13.9. The predicted octanol–water partition coefficient (Wildman–Crippen LogP) is 4.01. The highest BCUT2D eigenvalue weighted by atomic mass is 35.5. The van der Waals surface area contributed by atoms with Gasteiger partial charge in [-0.2, -0.15) is 0 Å². The maximum Gasteiger partial charge on any atom is 0.254 e. The van der Waals surface area contributed by atoms with Gasteiger partial charge in [-0.05, 0) is 25.0 Å². The Morgan fingerprint density at radius 1 is 1.37 bits per heavy atom. The van der Waals surface area contributed by atoms with E-state index in [-0.39, 0.29) is 16.0 Å². The Kier molecular flexibility index (Phi) is 4.69. The Hall–Kier alpha value is -0.800. The molecule has 1 aromatic carbocycles. The molecular weight excluding hydrogens is 288 g/mol. The van der Waals surface area contributed by atoms with Gasteiger partial charge in [0, 0.05) is 17.8 Å². The van der Waals surface area contributed by atoms with E-state index >= 15 is 0 Å². The molecule has 19 heavy (non-hydrogen) atoms. The number of carbonyl (C=O) groups is 1. The minimum Gasteiger partial charge on any atom is -0.351 e. The number of benzene rings is 1. The van der Waals surface area contributed by atoms with Crippen molar-refractivity contribution < 1.29 is 9.18 Å². The van der Waals surface area contributed by atoms with Gasteiger partial charge in [-0.1, -0.05) is 30.5 Å². The van der Waals surface area contributed by atoms with Crippen molar-refractivity contribution in [2.45, 2.75) is 25.7 Å². The van der Waals surface area contributed by atoms with Crippen LogP contribution in [0.3, 0.4) is 0 Å². The second kappa shape index (κ2) is 6.10. The van der Waals surface area contributed by atoms with Crippen LogP contribution in [0.4, 0.5) is 4.39 Å². The fourth-order valence-electron chi connectivity index (χ4n) is 2.52. The summed E-state index contributed by atoms with van der Waals surface area (Å²) in [5.41, 5.74) is -0.0538. The molecule has 0 aliphatic heterocycles. The molecule has 0 saturated heterocycles. The number of nitrogens with one attached hydrogen (secondary N) is 1. The van der Waals surface area contributed by atoms with E-state index in [2.05, 4.69) is 5.32 Å². The highest BCUT2D eigenvalue weighted by Gasteiger charge is 2.33. The van der Waals surface area contributed by atoms with Crippen molar-refractivity contribution in [3.63, 3.8) is 0 Å². The maximum absolute atomic E-state index is 13.7. The number of halogens is 3. The van der Waals surface area contributed by atoms with Crippen LogP contribution in [0, 0.1) is 11.2 Å². The van der Waals surface area contributed by atoms with Crippen LogP contribution in [-0.4, -0.2) is 18.3 Å². The van der Waals surface area contributed by atoms with Crippen LogP contribution in [0.25, 0.3) is 0 Å². The summed E-state index contributed by atoms with van der Waals surface area (Å²) in [6.07, 6.45) is 4.28. The third-order valence-electron chi connectivity index (χ3n) is 3.77. The van der Waals surface area contributed by atoms with Gasteiger partial charge in [0.05, 0.1) is 10.6 Å². The number of hydrogen-bond acceptors (Lipinski definition) is 1. The topological polar surface area (TPSA) is 29.1 Å². The molecule has 0 bridgehead atoms. The molecule has 1 amide bonds. The molecule has 0 radical (unpaired) electrons. The van der Waals surface area contributed by atoms with E-state index in [0.717, 1.165) is 25.7 Å². The number of amides is 1. The Labute approximate surface area is 122 Å². The van der Waals surface area contributed by atoms with Crippen LogP contribution < -0.4 is 5.32 Å². The van der Waals surface area contributed by atoms with E-state index in [4.69, 9.17) is 23.2 Å². The van der Waals surface area contributed by atoms with Crippen LogP contribution in [0.15, 0.2) is 18.2 Å². The molecule has 0 heterocycles. The van der Waals surface area contributed by atoms with Crippen molar-refractivity contribution in [2.24, 2.45) is 5.41 Å². The van der Waals surface area contributed by atoms with Crippen molar-refractivity contribution in [1.29, 1.82) is 0 Å². The minimum atomic E-state index is -0.673. The predicted molar refractivity (Wildman–Crippen MR) is 75.4 cm³/mol. The molecule has 2 rings (SSSR count). The third-order valence-corrected chi connectivity index (χ3v) is 4.63. The van der Waals surface area contributed by atoms with Gasteiger partial charge in [-0.15, -0.1) is 11.6 Å². The monoisotopic (exact) mass is 303 g/mol. The summed E-state index contributed by atoms with van der Waals surface area (Å²) in [6, 6.07) is 4.41. The highest BCUT2D eigenvalue weighted by Crippen LogP contribution is 2.38. The summed E-state index contributed by atoms with van der Waals surface area (Å²) in [5, 5.41) is 2.74. The molecule has 0 unspecified atom stereocenters. The number of rotatable bonds is 4. The third kappa shape index (κ3) is 3.21. The van der Waals surface area contributed by atoms with Crippen molar-refractivity contribution in [2.75, 3.05) is 12.4 Å². The normalized spacial score (nSPS) is 17.4. The second-order valence-electron chi connectivity index (χ2n) is 5.12. The summed E-state index contributed by atoms with van der Waals surface area (Å²) in [6.45, 7) is 0.487. The Morgan fingerprint density at radius 2 is 2.05 bits per heavy atom. The number of alkyl halides is 1. The van der Waals surface area contributed by atoms with Gasteiger partial charge in [-0.3, -0.25) is 4.79 Å². The average molecular weight is 304 g/mol. The first-order valence-electron chi connectivity index (χ1n) is 6.36. The smallest absolute Gasteiger partial charge is 0.254 e. The first-order valence-corrected chi connectivity index (χ1v) is 7.27. The first kappa shape index (κ1) is 14.6. The molecule has 5 heteroatoms. The van der Waals surface area contributed by atoms with Gasteiger partial charge < -0.3 is 5.32 Å². The lowest BCUT2D eigenvalue weighted by molar-refractivity contribution is 0.0931. The summed E-state index contributed by atoms with van der Waals surface area (Å²) in [5.74, 6) is -0.588. The quantitative estimate of drug-likeness (QED) is 0.837. The SMILES string of the molecule is O=C(NCC1(CCl)CCCC1)c1cccc(Cl)c1F. The van der Waals surface area contributed by atoms with Crippen LogP contribution >= 0.6 is 23.2 Å². The number of hydrogen-bond donors (Lipinski definition) is 1. The molecule has 104 valence electrons. The molecule has 0 aromatic heterocycles. The molecule has 1 aromatic rings. The van der Waals surface area contributed by atoms with Crippen LogP contribution in [0.1, 0.15) is 36.0 Å². The summed E-state index contributed by atoms with van der Waals surface area (Å²) < 4.78 is 13.7. The van der Waals surface area contributed by atoms with E-state index in [1.54, 1.807) is 6.07 Å². The maximum atomic E-state index is 13.7. The lowest BCUT2D eigenvalue weighted by atomic mass is 9.88. The van der Waals surface area contributed by atoms with Crippen molar-refractivity contribution in [1.82, 2.24) is 5.32 Å². The van der Waals surface area contributed by atoms with E-state index in [1.807, 2.05) is 0 Å².